The highest BCUT2D eigenvalue weighted by Crippen LogP contribution is 2.37. The van der Waals surface area contributed by atoms with Gasteiger partial charge in [0, 0.05) is 7.05 Å². The zero-order chi connectivity index (χ0) is 19.2. The van der Waals surface area contributed by atoms with Gasteiger partial charge in [-0.25, -0.2) is 4.98 Å². The number of carbonyl (C=O) groups excluding carboxylic acids is 1. The summed E-state index contributed by atoms with van der Waals surface area (Å²) in [6, 6.07) is 1.27. The molecule has 6 nitrogen and oxygen atoms in total. The van der Waals surface area contributed by atoms with Crippen molar-refractivity contribution in [1.82, 2.24) is 14.8 Å². The molecule has 2 aromatic heterocycles. The fraction of sp³-hybridized carbons (Fsp3) is 0.273. The van der Waals surface area contributed by atoms with Crippen LogP contribution in [0, 0.1) is 11.3 Å². The third-order valence-electron chi connectivity index (χ3n) is 2.69. The molecule has 0 atom stereocenters. The first-order valence-corrected chi connectivity index (χ1v) is 7.14. The van der Waals surface area contributed by atoms with Crippen LogP contribution < -0.4 is 5.32 Å². The molecule has 0 radical (unpaired) electrons. The van der Waals surface area contributed by atoms with E-state index in [-0.39, 0.29) is 11.3 Å². The Kier molecular flexibility index (Phi) is 4.71. The lowest BCUT2D eigenvalue weighted by atomic mass is 10.3. The van der Waals surface area contributed by atoms with Gasteiger partial charge in [0.2, 0.25) is 0 Å². The van der Waals surface area contributed by atoms with Crippen LogP contribution in [0.25, 0.3) is 0 Å². The molecule has 1 amide bonds. The summed E-state index contributed by atoms with van der Waals surface area (Å²) in [7, 11) is 1.000. The zero-order valence-electron chi connectivity index (χ0n) is 11.8. The van der Waals surface area contributed by atoms with E-state index in [2.05, 4.69) is 10.1 Å². The number of thiazole rings is 1. The Morgan fingerprint density at radius 2 is 1.80 bits per heavy atom. The number of anilines is 1. The van der Waals surface area contributed by atoms with Crippen molar-refractivity contribution in [2.24, 2.45) is 7.05 Å². The summed E-state index contributed by atoms with van der Waals surface area (Å²) in [5.74, 6) is -1.26. The molecule has 14 heteroatoms. The summed E-state index contributed by atoms with van der Waals surface area (Å²) in [6.45, 7) is 0. The highest BCUT2D eigenvalue weighted by molar-refractivity contribution is 7.16. The molecule has 0 aromatic carbocycles. The zero-order valence-corrected chi connectivity index (χ0v) is 13.3. The quantitative estimate of drug-likeness (QED) is 0.775. The van der Waals surface area contributed by atoms with Crippen LogP contribution in [0.4, 0.5) is 31.5 Å². The fourth-order valence-corrected chi connectivity index (χ4v) is 2.85. The normalized spacial score (nSPS) is 12.1. The van der Waals surface area contributed by atoms with Gasteiger partial charge in [-0.3, -0.25) is 14.8 Å². The Morgan fingerprint density at radius 1 is 1.24 bits per heavy atom. The van der Waals surface area contributed by atoms with Crippen molar-refractivity contribution in [1.29, 1.82) is 5.26 Å². The second kappa shape index (κ2) is 6.19. The first-order valence-electron chi connectivity index (χ1n) is 5.95. The van der Waals surface area contributed by atoms with E-state index in [1.807, 2.05) is 5.32 Å². The first-order chi connectivity index (χ1) is 11.4. The maximum absolute atomic E-state index is 12.7. The molecule has 2 heterocycles. The van der Waals surface area contributed by atoms with Crippen LogP contribution in [-0.4, -0.2) is 20.7 Å². The van der Waals surface area contributed by atoms with Crippen LogP contribution in [0.5, 0.6) is 0 Å². The second-order valence-corrected chi connectivity index (χ2v) is 5.77. The molecule has 0 unspecified atom stereocenters. The van der Waals surface area contributed by atoms with E-state index in [0.29, 0.717) is 4.68 Å². The fourth-order valence-electron chi connectivity index (χ4n) is 1.72. The molecule has 0 bridgehead atoms. The molecule has 25 heavy (non-hydrogen) atoms. The number of alkyl halides is 6. The lowest BCUT2D eigenvalue weighted by molar-refractivity contribution is -0.141. The van der Waals surface area contributed by atoms with Gasteiger partial charge in [0.25, 0.3) is 5.91 Å². The number of halogens is 7. The molecular formula is C11H4ClF6N5OS. The number of amides is 1. The monoisotopic (exact) mass is 403 g/mol. The lowest BCUT2D eigenvalue weighted by Gasteiger charge is -2.03. The molecule has 0 saturated heterocycles. The lowest BCUT2D eigenvalue weighted by Crippen LogP contribution is -2.17. The molecule has 0 spiro atoms. The van der Waals surface area contributed by atoms with Crippen LogP contribution in [0.15, 0.2) is 0 Å². The summed E-state index contributed by atoms with van der Waals surface area (Å²) in [5.41, 5.74) is -3.76. The average Bonchev–Trinajstić information content (AvgIpc) is 2.98. The summed E-state index contributed by atoms with van der Waals surface area (Å²) in [5, 5.41) is 12.0. The third kappa shape index (κ3) is 3.69. The molecular weight excluding hydrogens is 400 g/mol. The predicted molar refractivity (Wildman–Crippen MR) is 73.0 cm³/mol. The van der Waals surface area contributed by atoms with Crippen LogP contribution in [-0.2, 0) is 19.4 Å². The number of nitriles is 1. The van der Waals surface area contributed by atoms with E-state index in [9.17, 15) is 31.1 Å². The Morgan fingerprint density at radius 3 is 2.20 bits per heavy atom. The van der Waals surface area contributed by atoms with Crippen LogP contribution in [0.3, 0.4) is 0 Å². The van der Waals surface area contributed by atoms with Crippen molar-refractivity contribution in [2.75, 3.05) is 5.32 Å². The Bertz CT molecular complexity index is 877. The van der Waals surface area contributed by atoms with E-state index in [1.54, 1.807) is 0 Å². The van der Waals surface area contributed by atoms with Gasteiger partial charge >= 0.3 is 12.4 Å². The van der Waals surface area contributed by atoms with Gasteiger partial charge in [0.05, 0.1) is 0 Å². The van der Waals surface area contributed by atoms with Gasteiger partial charge in [-0.1, -0.05) is 22.9 Å². The molecule has 0 fully saturated rings. The number of carbonyl (C=O) groups is 1. The Balaban J connectivity index is 2.38. The molecule has 0 aliphatic rings. The number of aromatic nitrogens is 3. The van der Waals surface area contributed by atoms with Crippen molar-refractivity contribution in [2.45, 2.75) is 12.4 Å². The smallest absolute Gasteiger partial charge is 0.296 e. The van der Waals surface area contributed by atoms with Crippen LogP contribution >= 0.6 is 22.9 Å². The summed E-state index contributed by atoms with van der Waals surface area (Å²) in [6.07, 6.45) is -9.86. The van der Waals surface area contributed by atoms with E-state index in [0.717, 1.165) is 7.05 Å². The number of hydrogen-bond acceptors (Lipinski definition) is 5. The topological polar surface area (TPSA) is 83.6 Å². The minimum absolute atomic E-state index is 0.214. The van der Waals surface area contributed by atoms with Gasteiger partial charge in [0.1, 0.15) is 21.7 Å². The molecule has 1 N–H and O–H groups in total. The number of aryl methyl sites for hydroxylation is 1. The molecule has 0 saturated carbocycles. The van der Waals surface area contributed by atoms with E-state index in [1.165, 1.54) is 6.07 Å². The maximum atomic E-state index is 12.7. The Hall–Kier alpha value is -2.33. The van der Waals surface area contributed by atoms with Gasteiger partial charge in [0.15, 0.2) is 16.5 Å². The van der Waals surface area contributed by atoms with Gasteiger partial charge < -0.3 is 0 Å². The van der Waals surface area contributed by atoms with E-state index in [4.69, 9.17) is 16.9 Å². The summed E-state index contributed by atoms with van der Waals surface area (Å²) < 4.78 is 76.7. The van der Waals surface area contributed by atoms with Crippen LogP contribution in [0.2, 0.25) is 5.02 Å². The Labute approximate surface area is 143 Å². The van der Waals surface area contributed by atoms with Gasteiger partial charge in [-0.2, -0.15) is 36.7 Å². The summed E-state index contributed by atoms with van der Waals surface area (Å²) in [4.78, 5) is 14.3. The number of hydrogen-bond donors (Lipinski definition) is 1. The molecule has 0 aliphatic heterocycles. The number of rotatable bonds is 2. The summed E-state index contributed by atoms with van der Waals surface area (Å²) >= 11 is 5.71. The first kappa shape index (κ1) is 19.0. The van der Waals surface area contributed by atoms with Crippen molar-refractivity contribution in [3.05, 3.63) is 27.0 Å². The van der Waals surface area contributed by atoms with Crippen molar-refractivity contribution < 1.29 is 31.1 Å². The van der Waals surface area contributed by atoms with E-state index < -0.39 is 50.4 Å². The van der Waals surface area contributed by atoms with Gasteiger partial charge in [-0.15, -0.1) is 0 Å². The standard InChI is InChI=1S/C11H4ClF6N5OS/c1-23-5(4(12)7(22-23)11(16,17)18)8(24)21-9-20-6(10(13,14)15)3(2-19)25-9/h1H3,(H,20,21,24). The second-order valence-electron chi connectivity index (χ2n) is 4.39. The maximum Gasteiger partial charge on any atom is 0.436 e. The third-order valence-corrected chi connectivity index (χ3v) is 3.92. The average molecular weight is 404 g/mol. The molecule has 0 aliphatic carbocycles. The SMILES string of the molecule is Cn1nc(C(F)(F)F)c(Cl)c1C(=O)Nc1nc(C(F)(F)F)c(C#N)s1. The van der Waals surface area contributed by atoms with Gasteiger partial charge in [-0.05, 0) is 0 Å². The molecule has 2 rings (SSSR count). The highest BCUT2D eigenvalue weighted by Gasteiger charge is 2.40. The molecule has 134 valence electrons. The van der Waals surface area contributed by atoms with E-state index >= 15 is 0 Å². The van der Waals surface area contributed by atoms with Crippen LogP contribution in [0.1, 0.15) is 26.8 Å². The number of nitrogens with one attached hydrogen (secondary N) is 1. The minimum atomic E-state index is -4.93. The minimum Gasteiger partial charge on any atom is -0.296 e. The van der Waals surface area contributed by atoms with Crippen molar-refractivity contribution in [3.8, 4) is 6.07 Å². The van der Waals surface area contributed by atoms with Crippen molar-refractivity contribution >= 4 is 34.0 Å². The molecule has 2 aromatic rings. The number of nitrogens with zero attached hydrogens (tertiary/aromatic N) is 4. The predicted octanol–water partition coefficient (Wildman–Crippen LogP) is 3.69. The largest absolute Gasteiger partial charge is 0.436 e. The highest BCUT2D eigenvalue weighted by atomic mass is 35.5. The van der Waals surface area contributed by atoms with Crippen molar-refractivity contribution in [3.63, 3.8) is 0 Å².